The summed E-state index contributed by atoms with van der Waals surface area (Å²) in [6.07, 6.45) is 75.6. The van der Waals surface area contributed by atoms with Crippen LogP contribution in [-0.4, -0.2) is 37.2 Å². The number of allylic oxidation sites excluding steroid dienone is 8. The summed E-state index contributed by atoms with van der Waals surface area (Å²) in [4.78, 5) is 38.2. The number of unbranched alkanes of at least 4 members (excludes halogenated alkanes) is 39. The van der Waals surface area contributed by atoms with Crippen molar-refractivity contribution in [1.82, 2.24) is 0 Å². The van der Waals surface area contributed by atoms with Crippen molar-refractivity contribution in [2.24, 2.45) is 0 Å². The zero-order chi connectivity index (χ0) is 52.2. The molecule has 0 heterocycles. The Balaban J connectivity index is 4.20. The molecule has 0 saturated heterocycles. The Morgan fingerprint density at radius 1 is 0.278 bits per heavy atom. The molecule has 0 bridgehead atoms. The molecule has 0 N–H and O–H groups in total. The van der Waals surface area contributed by atoms with E-state index in [2.05, 4.69) is 69.4 Å². The Morgan fingerprint density at radius 3 is 0.806 bits per heavy atom. The van der Waals surface area contributed by atoms with Gasteiger partial charge < -0.3 is 14.2 Å². The quantitative estimate of drug-likeness (QED) is 0.0261. The Labute approximate surface area is 448 Å². The third-order valence-corrected chi connectivity index (χ3v) is 14.0. The van der Waals surface area contributed by atoms with Crippen LogP contribution >= 0.6 is 0 Å². The summed E-state index contributed by atoms with van der Waals surface area (Å²) >= 11 is 0. The van der Waals surface area contributed by atoms with E-state index < -0.39 is 6.10 Å². The van der Waals surface area contributed by atoms with Gasteiger partial charge in [-0.2, -0.15) is 0 Å². The predicted molar refractivity (Wildman–Crippen MR) is 312 cm³/mol. The molecular weight excluding hydrogens is 889 g/mol. The SMILES string of the molecule is CCCCC/C=C\C/C=C\CCCCCCCC(=O)OC(COC(=O)CCCCCCC/C=C\CCCCC)COC(=O)CCCCCCCCCCCCCCCCC/C=C\CCCCCCCCCC. The molecule has 0 rings (SSSR count). The largest absolute Gasteiger partial charge is 0.462 e. The normalized spacial score (nSPS) is 12.3. The highest BCUT2D eigenvalue weighted by atomic mass is 16.6. The smallest absolute Gasteiger partial charge is 0.306 e. The number of carbonyl (C=O) groups is 3. The van der Waals surface area contributed by atoms with E-state index in [4.69, 9.17) is 14.2 Å². The first-order valence-corrected chi connectivity index (χ1v) is 31.6. The summed E-state index contributed by atoms with van der Waals surface area (Å²) in [5.41, 5.74) is 0. The van der Waals surface area contributed by atoms with Crippen LogP contribution in [0.5, 0.6) is 0 Å². The fraction of sp³-hybridized carbons (Fsp3) is 0.833. The van der Waals surface area contributed by atoms with Crippen LogP contribution in [0.3, 0.4) is 0 Å². The fourth-order valence-corrected chi connectivity index (χ4v) is 9.23. The van der Waals surface area contributed by atoms with Crippen LogP contribution in [0, 0.1) is 0 Å². The molecule has 0 aromatic rings. The minimum atomic E-state index is -0.782. The zero-order valence-electron chi connectivity index (χ0n) is 48.2. The van der Waals surface area contributed by atoms with Crippen molar-refractivity contribution >= 4 is 17.9 Å². The standard InChI is InChI=1S/C66H120O6/c1-4-7-10-13-16-19-22-25-27-28-29-30-31-32-33-34-35-36-37-38-40-41-44-47-50-53-56-59-65(68)71-62-63(61-70-64(67)58-55-52-49-46-43-24-21-18-15-12-9-6-3)72-66(69)60-57-54-51-48-45-42-39-26-23-20-17-14-11-8-5-2/h17-18,20-21,26,28-29,39,63H,4-16,19,22-25,27,30-38,40-62H2,1-3H3/b20-17-,21-18-,29-28-,39-26-. The zero-order valence-corrected chi connectivity index (χ0v) is 48.2. The predicted octanol–water partition coefficient (Wildman–Crippen LogP) is 21.4. The van der Waals surface area contributed by atoms with E-state index in [1.807, 2.05) is 0 Å². The molecule has 0 radical (unpaired) electrons. The first-order valence-electron chi connectivity index (χ1n) is 31.6. The number of rotatable bonds is 58. The summed E-state index contributed by atoms with van der Waals surface area (Å²) in [5, 5.41) is 0. The van der Waals surface area contributed by atoms with Gasteiger partial charge in [0.05, 0.1) is 0 Å². The molecule has 6 nitrogen and oxygen atoms in total. The van der Waals surface area contributed by atoms with Crippen LogP contribution in [0.1, 0.15) is 335 Å². The topological polar surface area (TPSA) is 78.9 Å². The Bertz CT molecular complexity index is 1250. The molecule has 0 aromatic heterocycles. The maximum atomic E-state index is 12.9. The highest BCUT2D eigenvalue weighted by molar-refractivity contribution is 5.71. The van der Waals surface area contributed by atoms with Crippen molar-refractivity contribution in [3.63, 3.8) is 0 Å². The van der Waals surface area contributed by atoms with Crippen LogP contribution < -0.4 is 0 Å². The average molecular weight is 1010 g/mol. The summed E-state index contributed by atoms with van der Waals surface area (Å²) in [5.74, 6) is -0.887. The van der Waals surface area contributed by atoms with E-state index in [-0.39, 0.29) is 31.1 Å². The van der Waals surface area contributed by atoms with Crippen LogP contribution in [0.15, 0.2) is 48.6 Å². The minimum absolute atomic E-state index is 0.0790. The lowest BCUT2D eigenvalue weighted by molar-refractivity contribution is -0.167. The Hall–Kier alpha value is -2.63. The van der Waals surface area contributed by atoms with Gasteiger partial charge in [0, 0.05) is 19.3 Å². The van der Waals surface area contributed by atoms with Crippen LogP contribution in [0.25, 0.3) is 0 Å². The fourth-order valence-electron chi connectivity index (χ4n) is 9.23. The molecule has 0 amide bonds. The van der Waals surface area contributed by atoms with Crippen molar-refractivity contribution in [1.29, 1.82) is 0 Å². The van der Waals surface area contributed by atoms with Crippen molar-refractivity contribution in [2.75, 3.05) is 13.2 Å². The summed E-state index contributed by atoms with van der Waals surface area (Å²) < 4.78 is 16.9. The molecule has 420 valence electrons. The lowest BCUT2D eigenvalue weighted by Crippen LogP contribution is -2.30. The van der Waals surface area contributed by atoms with E-state index in [9.17, 15) is 14.4 Å². The second-order valence-electron chi connectivity index (χ2n) is 21.3. The molecule has 0 aliphatic rings. The van der Waals surface area contributed by atoms with Gasteiger partial charge in [-0.25, -0.2) is 0 Å². The maximum absolute atomic E-state index is 12.9. The van der Waals surface area contributed by atoms with Crippen molar-refractivity contribution in [3.05, 3.63) is 48.6 Å². The third-order valence-electron chi connectivity index (χ3n) is 14.0. The number of hydrogen-bond acceptors (Lipinski definition) is 6. The molecule has 72 heavy (non-hydrogen) atoms. The Kier molecular flexibility index (Phi) is 58.7. The summed E-state index contributed by atoms with van der Waals surface area (Å²) in [7, 11) is 0. The first-order chi connectivity index (χ1) is 35.5. The number of hydrogen-bond donors (Lipinski definition) is 0. The highest BCUT2D eigenvalue weighted by Crippen LogP contribution is 2.17. The van der Waals surface area contributed by atoms with Crippen LogP contribution in [0.4, 0.5) is 0 Å². The van der Waals surface area contributed by atoms with E-state index in [0.717, 1.165) is 89.9 Å². The van der Waals surface area contributed by atoms with Gasteiger partial charge in [-0.1, -0.05) is 262 Å². The number of ether oxygens (including phenoxy) is 3. The maximum Gasteiger partial charge on any atom is 0.306 e. The molecule has 0 saturated carbocycles. The molecule has 0 spiro atoms. The average Bonchev–Trinajstić information content (AvgIpc) is 3.38. The number of esters is 3. The third kappa shape index (κ3) is 58.3. The van der Waals surface area contributed by atoms with Gasteiger partial charge in [-0.3, -0.25) is 14.4 Å². The lowest BCUT2D eigenvalue weighted by atomic mass is 10.0. The van der Waals surface area contributed by atoms with Gasteiger partial charge in [-0.15, -0.1) is 0 Å². The molecule has 0 aliphatic carbocycles. The van der Waals surface area contributed by atoms with E-state index in [1.54, 1.807) is 0 Å². The molecule has 0 aromatic carbocycles. The van der Waals surface area contributed by atoms with Gasteiger partial charge in [0.2, 0.25) is 0 Å². The minimum Gasteiger partial charge on any atom is -0.462 e. The molecule has 0 fully saturated rings. The van der Waals surface area contributed by atoms with E-state index in [1.165, 1.54) is 205 Å². The van der Waals surface area contributed by atoms with Gasteiger partial charge in [0.25, 0.3) is 0 Å². The monoisotopic (exact) mass is 1010 g/mol. The summed E-state index contributed by atoms with van der Waals surface area (Å²) in [6.45, 7) is 6.61. The van der Waals surface area contributed by atoms with E-state index >= 15 is 0 Å². The summed E-state index contributed by atoms with van der Waals surface area (Å²) in [6, 6.07) is 0. The van der Waals surface area contributed by atoms with Crippen LogP contribution in [-0.2, 0) is 28.6 Å². The Morgan fingerprint density at radius 2 is 0.500 bits per heavy atom. The van der Waals surface area contributed by atoms with Crippen LogP contribution in [0.2, 0.25) is 0 Å². The molecule has 6 heteroatoms. The van der Waals surface area contributed by atoms with Crippen molar-refractivity contribution in [2.45, 2.75) is 341 Å². The number of carbonyl (C=O) groups excluding carboxylic acids is 3. The molecular formula is C66H120O6. The van der Waals surface area contributed by atoms with Gasteiger partial charge in [0.15, 0.2) is 6.10 Å². The second-order valence-corrected chi connectivity index (χ2v) is 21.3. The first kappa shape index (κ1) is 69.4. The molecule has 1 atom stereocenters. The van der Waals surface area contributed by atoms with Gasteiger partial charge in [-0.05, 0) is 103 Å². The van der Waals surface area contributed by atoms with Gasteiger partial charge >= 0.3 is 17.9 Å². The van der Waals surface area contributed by atoms with E-state index in [0.29, 0.717) is 19.3 Å². The lowest BCUT2D eigenvalue weighted by Gasteiger charge is -2.18. The highest BCUT2D eigenvalue weighted by Gasteiger charge is 2.19. The molecule has 0 aliphatic heterocycles. The molecule has 1 unspecified atom stereocenters. The second kappa shape index (κ2) is 60.9. The van der Waals surface area contributed by atoms with Crippen molar-refractivity contribution in [3.8, 4) is 0 Å². The van der Waals surface area contributed by atoms with Crippen molar-refractivity contribution < 1.29 is 28.6 Å². The van der Waals surface area contributed by atoms with Gasteiger partial charge in [0.1, 0.15) is 13.2 Å².